The molecule has 3 rings (SSSR count). The van der Waals surface area contributed by atoms with Crippen LogP contribution in [0.25, 0.3) is 10.9 Å². The second-order valence-corrected chi connectivity index (χ2v) is 8.29. The van der Waals surface area contributed by atoms with E-state index in [0.717, 1.165) is 0 Å². The van der Waals surface area contributed by atoms with Crippen molar-refractivity contribution in [1.82, 2.24) is 25.1 Å². The second-order valence-electron chi connectivity index (χ2n) is 8.29. The fraction of sp³-hybridized carbons (Fsp3) is 0.429. The zero-order valence-corrected chi connectivity index (χ0v) is 17.9. The topological polar surface area (TPSA) is 102 Å². The first-order chi connectivity index (χ1) is 15.0. The van der Waals surface area contributed by atoms with Crippen LogP contribution in [0.2, 0.25) is 0 Å². The number of fused-ring (bicyclic) bond motifs is 1. The zero-order valence-electron chi connectivity index (χ0n) is 17.9. The predicted molar refractivity (Wildman–Crippen MR) is 110 cm³/mol. The van der Waals surface area contributed by atoms with E-state index in [1.54, 1.807) is 29.9 Å². The minimum absolute atomic E-state index is 0.0731. The molecule has 3 aromatic heterocycles. The number of alkyl halides is 3. The molecule has 0 saturated carbocycles. The molecule has 0 aliphatic carbocycles. The van der Waals surface area contributed by atoms with Crippen LogP contribution in [0.15, 0.2) is 30.7 Å². The molecule has 32 heavy (non-hydrogen) atoms. The maximum absolute atomic E-state index is 12.6. The molecule has 0 fully saturated rings. The van der Waals surface area contributed by atoms with Crippen LogP contribution in [0.5, 0.6) is 5.88 Å². The molecule has 0 unspecified atom stereocenters. The van der Waals surface area contributed by atoms with Crippen molar-refractivity contribution in [2.75, 3.05) is 19.8 Å². The number of aliphatic hydroxyl groups excluding tert-OH is 1. The maximum Gasteiger partial charge on any atom is 0.422 e. The Hall–Kier alpha value is -3.21. The van der Waals surface area contributed by atoms with E-state index >= 15 is 0 Å². The number of halogens is 3. The van der Waals surface area contributed by atoms with Gasteiger partial charge in [0.15, 0.2) is 6.61 Å². The Kier molecular flexibility index (Phi) is 6.68. The number of aliphatic hydroxyl groups is 1. The van der Waals surface area contributed by atoms with E-state index in [2.05, 4.69) is 20.4 Å². The molecule has 3 heterocycles. The molecule has 0 atom stereocenters. The van der Waals surface area contributed by atoms with Crippen LogP contribution in [-0.2, 0) is 6.54 Å². The van der Waals surface area contributed by atoms with Crippen molar-refractivity contribution in [2.45, 2.75) is 33.5 Å². The van der Waals surface area contributed by atoms with Crippen molar-refractivity contribution < 1.29 is 27.8 Å². The standard InChI is InChI=1S/C21H24F3N5O3/c1-13-6-14(7-26-19(13)32-12-21(22,23)24)8-29-9-15-16(28-29)4-5-25-17(15)18(31)27-10-20(2,3)11-30/h4-7,9,30H,8,10-12H2,1-3H3,(H,27,31). The quantitative estimate of drug-likeness (QED) is 0.546. The number of carbonyl (C=O) groups excluding carboxylic acids is 1. The summed E-state index contributed by atoms with van der Waals surface area (Å²) in [5.74, 6) is -0.453. The van der Waals surface area contributed by atoms with Crippen LogP contribution in [0.1, 0.15) is 35.5 Å². The first-order valence-electron chi connectivity index (χ1n) is 9.84. The van der Waals surface area contributed by atoms with E-state index in [1.165, 1.54) is 12.4 Å². The number of nitrogens with one attached hydrogen (secondary N) is 1. The molecular formula is C21H24F3N5O3. The Bertz CT molecular complexity index is 1110. The Balaban J connectivity index is 1.76. The summed E-state index contributed by atoms with van der Waals surface area (Å²) < 4.78 is 43.4. The van der Waals surface area contributed by atoms with Crippen molar-refractivity contribution in [3.05, 3.63) is 47.5 Å². The largest absolute Gasteiger partial charge is 0.468 e. The maximum atomic E-state index is 12.6. The zero-order chi connectivity index (χ0) is 23.5. The predicted octanol–water partition coefficient (Wildman–Crippen LogP) is 2.87. The Morgan fingerprint density at radius 2 is 2.03 bits per heavy atom. The highest BCUT2D eigenvalue weighted by atomic mass is 19.4. The smallest absolute Gasteiger partial charge is 0.422 e. The molecule has 8 nitrogen and oxygen atoms in total. The van der Waals surface area contributed by atoms with Gasteiger partial charge in [0.1, 0.15) is 5.69 Å². The lowest BCUT2D eigenvalue weighted by atomic mass is 9.95. The summed E-state index contributed by atoms with van der Waals surface area (Å²) in [4.78, 5) is 20.8. The molecule has 172 valence electrons. The van der Waals surface area contributed by atoms with Crippen LogP contribution >= 0.6 is 0 Å². The summed E-state index contributed by atoms with van der Waals surface area (Å²) in [7, 11) is 0. The van der Waals surface area contributed by atoms with Gasteiger partial charge in [-0.25, -0.2) is 4.98 Å². The summed E-state index contributed by atoms with van der Waals surface area (Å²) in [6.07, 6.45) is 0.157. The number of rotatable bonds is 8. The van der Waals surface area contributed by atoms with Gasteiger partial charge in [0.25, 0.3) is 5.91 Å². The van der Waals surface area contributed by atoms with Gasteiger partial charge in [-0.05, 0) is 24.6 Å². The van der Waals surface area contributed by atoms with E-state index in [1.807, 2.05) is 13.8 Å². The minimum Gasteiger partial charge on any atom is -0.468 e. The molecule has 0 aliphatic rings. The SMILES string of the molecule is Cc1cc(Cn2cc3c(C(=O)NCC(C)(C)CO)nccc3n2)cnc1OCC(F)(F)F. The molecular weight excluding hydrogens is 427 g/mol. The van der Waals surface area contributed by atoms with Crippen LogP contribution in [-0.4, -0.2) is 56.7 Å². The summed E-state index contributed by atoms with van der Waals surface area (Å²) >= 11 is 0. The highest BCUT2D eigenvalue weighted by Gasteiger charge is 2.29. The lowest BCUT2D eigenvalue weighted by molar-refractivity contribution is -0.154. The number of pyridine rings is 2. The molecule has 1 amide bonds. The molecule has 11 heteroatoms. The number of amides is 1. The van der Waals surface area contributed by atoms with Crippen molar-refractivity contribution in [1.29, 1.82) is 0 Å². The molecule has 0 aromatic carbocycles. The van der Waals surface area contributed by atoms with E-state index < -0.39 is 18.2 Å². The van der Waals surface area contributed by atoms with Gasteiger partial charge >= 0.3 is 6.18 Å². The highest BCUT2D eigenvalue weighted by molar-refractivity contribution is 6.04. The molecule has 0 aliphatic heterocycles. The van der Waals surface area contributed by atoms with Crippen LogP contribution in [0, 0.1) is 12.3 Å². The highest BCUT2D eigenvalue weighted by Crippen LogP contribution is 2.22. The molecule has 0 radical (unpaired) electrons. The van der Waals surface area contributed by atoms with E-state index in [-0.39, 0.29) is 30.6 Å². The number of hydrogen-bond donors (Lipinski definition) is 2. The van der Waals surface area contributed by atoms with Gasteiger partial charge in [-0.1, -0.05) is 13.8 Å². The first kappa shape index (κ1) is 23.5. The lowest BCUT2D eigenvalue weighted by Crippen LogP contribution is -2.36. The number of ether oxygens (including phenoxy) is 1. The number of aromatic nitrogens is 4. The van der Waals surface area contributed by atoms with Crippen LogP contribution < -0.4 is 10.1 Å². The molecule has 0 spiro atoms. The number of aryl methyl sites for hydroxylation is 1. The third kappa shape index (κ3) is 5.94. The molecule has 0 bridgehead atoms. The van der Waals surface area contributed by atoms with Crippen molar-refractivity contribution in [3.63, 3.8) is 0 Å². The summed E-state index contributed by atoms with van der Waals surface area (Å²) in [6, 6.07) is 3.35. The lowest BCUT2D eigenvalue weighted by Gasteiger charge is -2.21. The fourth-order valence-corrected chi connectivity index (χ4v) is 2.91. The van der Waals surface area contributed by atoms with Gasteiger partial charge in [-0.2, -0.15) is 18.3 Å². The van der Waals surface area contributed by atoms with Gasteiger partial charge in [0.2, 0.25) is 5.88 Å². The minimum atomic E-state index is -4.44. The normalized spacial score (nSPS) is 12.2. The monoisotopic (exact) mass is 451 g/mol. The number of carbonyl (C=O) groups is 1. The van der Waals surface area contributed by atoms with E-state index in [9.17, 15) is 23.1 Å². The third-order valence-corrected chi connectivity index (χ3v) is 4.66. The van der Waals surface area contributed by atoms with Gasteiger partial charge in [-0.15, -0.1) is 0 Å². The van der Waals surface area contributed by atoms with Crippen molar-refractivity contribution in [3.8, 4) is 5.88 Å². The summed E-state index contributed by atoms with van der Waals surface area (Å²) in [5, 5.41) is 17.1. The summed E-state index contributed by atoms with van der Waals surface area (Å²) in [5.41, 5.74) is 1.50. The Morgan fingerprint density at radius 1 is 1.28 bits per heavy atom. The van der Waals surface area contributed by atoms with Gasteiger partial charge in [0, 0.05) is 42.7 Å². The Morgan fingerprint density at radius 3 is 2.69 bits per heavy atom. The summed E-state index contributed by atoms with van der Waals surface area (Å²) in [6.45, 7) is 4.36. The second kappa shape index (κ2) is 9.11. The van der Waals surface area contributed by atoms with Gasteiger partial charge in [0.05, 0.1) is 17.4 Å². The molecule has 3 aromatic rings. The van der Waals surface area contributed by atoms with E-state index in [4.69, 9.17) is 4.74 Å². The Labute approximate surface area is 182 Å². The first-order valence-corrected chi connectivity index (χ1v) is 9.84. The van der Waals surface area contributed by atoms with Gasteiger partial charge in [-0.3, -0.25) is 14.5 Å². The van der Waals surface area contributed by atoms with Crippen molar-refractivity contribution in [2.24, 2.45) is 5.41 Å². The van der Waals surface area contributed by atoms with Crippen LogP contribution in [0.4, 0.5) is 13.2 Å². The average molecular weight is 451 g/mol. The van der Waals surface area contributed by atoms with Crippen LogP contribution in [0.3, 0.4) is 0 Å². The third-order valence-electron chi connectivity index (χ3n) is 4.66. The molecule has 0 saturated heterocycles. The molecule has 2 N–H and O–H groups in total. The van der Waals surface area contributed by atoms with Crippen molar-refractivity contribution >= 4 is 16.8 Å². The number of nitrogens with zero attached hydrogens (tertiary/aromatic N) is 4. The van der Waals surface area contributed by atoms with Gasteiger partial charge < -0.3 is 15.2 Å². The number of hydrogen-bond acceptors (Lipinski definition) is 6. The van der Waals surface area contributed by atoms with E-state index in [0.29, 0.717) is 28.6 Å². The fourth-order valence-electron chi connectivity index (χ4n) is 2.91. The average Bonchev–Trinajstić information content (AvgIpc) is 3.13.